The van der Waals surface area contributed by atoms with E-state index in [1.165, 1.54) is 0 Å². The largest absolute Gasteiger partial charge is 0.496 e. The second kappa shape index (κ2) is 8.21. The predicted molar refractivity (Wildman–Crippen MR) is 125 cm³/mol. The number of hydrogen-bond acceptors (Lipinski definition) is 5. The topological polar surface area (TPSA) is 84.7 Å². The van der Waals surface area contributed by atoms with Gasteiger partial charge >= 0.3 is 0 Å². The Labute approximate surface area is 193 Å². The number of rotatable bonds is 6. The van der Waals surface area contributed by atoms with Gasteiger partial charge in [0.2, 0.25) is 11.8 Å². The van der Waals surface area contributed by atoms with Crippen LogP contribution in [0.25, 0.3) is 22.6 Å². The van der Waals surface area contributed by atoms with Gasteiger partial charge in [0.05, 0.1) is 12.7 Å². The first kappa shape index (κ1) is 21.5. The SMILES string of the molecule is COc1cc(-c2nc3ccccc3o2)ccc1C(=O)N(C)[C@@H]1CC[C@H](C(=O)NC2(C)CC2)C1. The molecule has 1 heterocycles. The number of carbonyl (C=O) groups is 2. The Bertz CT molecular complexity index is 1180. The highest BCUT2D eigenvalue weighted by molar-refractivity contribution is 5.97. The molecule has 0 spiro atoms. The first-order chi connectivity index (χ1) is 15.9. The van der Waals surface area contributed by atoms with Gasteiger partial charge in [-0.05, 0) is 69.4 Å². The highest BCUT2D eigenvalue weighted by Crippen LogP contribution is 2.37. The van der Waals surface area contributed by atoms with Crippen molar-refractivity contribution in [2.24, 2.45) is 5.92 Å². The van der Waals surface area contributed by atoms with Gasteiger partial charge in [0, 0.05) is 30.1 Å². The number of nitrogens with zero attached hydrogens (tertiary/aromatic N) is 2. The lowest BCUT2D eigenvalue weighted by atomic mass is 10.1. The van der Waals surface area contributed by atoms with Gasteiger partial charge in [-0.25, -0.2) is 4.98 Å². The molecule has 7 nitrogen and oxygen atoms in total. The zero-order valence-corrected chi connectivity index (χ0v) is 19.3. The smallest absolute Gasteiger partial charge is 0.257 e. The van der Waals surface area contributed by atoms with Crippen LogP contribution in [0, 0.1) is 5.92 Å². The lowest BCUT2D eigenvalue weighted by Crippen LogP contribution is -2.39. The number of para-hydroxylation sites is 2. The van der Waals surface area contributed by atoms with Crippen LogP contribution in [0.1, 0.15) is 49.4 Å². The van der Waals surface area contributed by atoms with Crippen LogP contribution in [-0.4, -0.2) is 47.4 Å². The number of aromatic nitrogens is 1. The Hall–Kier alpha value is -3.35. The van der Waals surface area contributed by atoms with E-state index in [9.17, 15) is 9.59 Å². The van der Waals surface area contributed by atoms with Gasteiger partial charge in [0.1, 0.15) is 11.3 Å². The quantitative estimate of drug-likeness (QED) is 0.605. The molecule has 2 atom stereocenters. The van der Waals surface area contributed by atoms with E-state index < -0.39 is 0 Å². The van der Waals surface area contributed by atoms with Crippen LogP contribution in [0.15, 0.2) is 46.9 Å². The van der Waals surface area contributed by atoms with E-state index in [2.05, 4.69) is 17.2 Å². The third-order valence-corrected chi connectivity index (χ3v) is 7.04. The molecule has 0 aliphatic heterocycles. The molecule has 33 heavy (non-hydrogen) atoms. The van der Waals surface area contributed by atoms with Crippen molar-refractivity contribution in [2.45, 2.75) is 50.6 Å². The van der Waals surface area contributed by atoms with E-state index in [0.717, 1.165) is 36.8 Å². The lowest BCUT2D eigenvalue weighted by Gasteiger charge is -2.26. The molecule has 2 aliphatic rings. The molecule has 0 radical (unpaired) electrons. The van der Waals surface area contributed by atoms with Gasteiger partial charge < -0.3 is 19.4 Å². The van der Waals surface area contributed by atoms with Crippen molar-refractivity contribution in [1.82, 2.24) is 15.2 Å². The van der Waals surface area contributed by atoms with Crippen LogP contribution in [0.3, 0.4) is 0 Å². The van der Waals surface area contributed by atoms with Crippen LogP contribution >= 0.6 is 0 Å². The zero-order valence-electron chi connectivity index (χ0n) is 19.3. The molecule has 0 bridgehead atoms. The molecule has 2 amide bonds. The van der Waals surface area contributed by atoms with Crippen LogP contribution in [0.5, 0.6) is 5.75 Å². The molecular weight excluding hydrogens is 418 g/mol. The van der Waals surface area contributed by atoms with Gasteiger partial charge in [-0.1, -0.05) is 12.1 Å². The maximum atomic E-state index is 13.3. The summed E-state index contributed by atoms with van der Waals surface area (Å²) in [6, 6.07) is 13.0. The molecular formula is C26H29N3O4. The van der Waals surface area contributed by atoms with Gasteiger partial charge in [-0.2, -0.15) is 0 Å². The fraction of sp³-hybridized carbons (Fsp3) is 0.423. The van der Waals surface area contributed by atoms with E-state index in [1.54, 1.807) is 24.1 Å². The summed E-state index contributed by atoms with van der Waals surface area (Å²) in [6.45, 7) is 2.09. The molecule has 7 heteroatoms. The molecule has 172 valence electrons. The van der Waals surface area contributed by atoms with E-state index in [1.807, 2.05) is 37.4 Å². The summed E-state index contributed by atoms with van der Waals surface area (Å²) in [5.41, 5.74) is 2.70. The minimum atomic E-state index is -0.115. The highest BCUT2D eigenvalue weighted by atomic mass is 16.5. The summed E-state index contributed by atoms with van der Waals surface area (Å²) in [5.74, 6) is 0.928. The van der Waals surface area contributed by atoms with Crippen LogP contribution in [0.2, 0.25) is 0 Å². The van der Waals surface area contributed by atoms with Gasteiger partial charge in [-0.15, -0.1) is 0 Å². The number of methoxy groups -OCH3 is 1. The zero-order chi connectivity index (χ0) is 23.2. The standard InChI is InChI=1S/C26H29N3O4/c1-26(12-13-26)28-23(30)16-8-10-18(14-16)29(2)25(31)19-11-9-17(15-22(19)32-3)24-27-20-6-4-5-7-21(20)33-24/h4-7,9,11,15-16,18H,8,10,12-14H2,1-3H3,(H,28,30)/t16-,18+/m0/s1. The van der Waals surface area contributed by atoms with Crippen molar-refractivity contribution >= 4 is 22.9 Å². The van der Waals surface area contributed by atoms with Crippen molar-refractivity contribution in [1.29, 1.82) is 0 Å². The average molecular weight is 448 g/mol. The Morgan fingerprint density at radius 2 is 1.97 bits per heavy atom. The number of nitrogens with one attached hydrogen (secondary N) is 1. The van der Waals surface area contributed by atoms with Crippen LogP contribution in [-0.2, 0) is 4.79 Å². The number of benzene rings is 2. The maximum absolute atomic E-state index is 13.3. The number of carbonyl (C=O) groups excluding carboxylic acids is 2. The molecule has 2 aromatic carbocycles. The van der Waals surface area contributed by atoms with E-state index in [0.29, 0.717) is 29.2 Å². The normalized spacial score (nSPS) is 21.1. The van der Waals surface area contributed by atoms with E-state index in [4.69, 9.17) is 9.15 Å². The maximum Gasteiger partial charge on any atom is 0.257 e. The van der Waals surface area contributed by atoms with Crippen molar-refractivity contribution in [3.8, 4) is 17.2 Å². The predicted octanol–water partition coefficient (Wildman–Crippen LogP) is 4.41. The number of hydrogen-bond donors (Lipinski definition) is 1. The fourth-order valence-corrected chi connectivity index (χ4v) is 4.61. The van der Waals surface area contributed by atoms with Gasteiger partial charge in [0.25, 0.3) is 5.91 Å². The second-order valence-electron chi connectivity index (χ2n) is 9.53. The summed E-state index contributed by atoms with van der Waals surface area (Å²) in [7, 11) is 3.36. The Kier molecular flexibility index (Phi) is 5.35. The van der Waals surface area contributed by atoms with E-state index >= 15 is 0 Å². The third kappa shape index (κ3) is 4.19. The number of ether oxygens (including phenoxy) is 1. The average Bonchev–Trinajstić information content (AvgIpc) is 3.23. The lowest BCUT2D eigenvalue weighted by molar-refractivity contribution is -0.125. The minimum Gasteiger partial charge on any atom is -0.496 e. The highest BCUT2D eigenvalue weighted by Gasteiger charge is 2.42. The fourth-order valence-electron chi connectivity index (χ4n) is 4.61. The molecule has 2 fully saturated rings. The molecule has 2 saturated carbocycles. The van der Waals surface area contributed by atoms with Crippen molar-refractivity contribution in [3.05, 3.63) is 48.0 Å². The second-order valence-corrected chi connectivity index (χ2v) is 9.53. The van der Waals surface area contributed by atoms with Gasteiger partial charge in [0.15, 0.2) is 5.58 Å². The van der Waals surface area contributed by atoms with Crippen LogP contribution < -0.4 is 10.1 Å². The van der Waals surface area contributed by atoms with Crippen LogP contribution in [0.4, 0.5) is 0 Å². The van der Waals surface area contributed by atoms with Crippen molar-refractivity contribution < 1.29 is 18.7 Å². The summed E-state index contributed by atoms with van der Waals surface area (Å²) >= 11 is 0. The van der Waals surface area contributed by atoms with Crippen molar-refractivity contribution in [3.63, 3.8) is 0 Å². The van der Waals surface area contributed by atoms with Crippen molar-refractivity contribution in [2.75, 3.05) is 14.2 Å². The van der Waals surface area contributed by atoms with Gasteiger partial charge in [-0.3, -0.25) is 9.59 Å². The molecule has 0 unspecified atom stereocenters. The minimum absolute atomic E-state index is 0.0132. The molecule has 1 aromatic heterocycles. The van der Waals surface area contributed by atoms with E-state index in [-0.39, 0.29) is 29.3 Å². The molecule has 1 N–H and O–H groups in total. The number of oxazole rings is 1. The monoisotopic (exact) mass is 447 g/mol. The number of amides is 2. The first-order valence-electron chi connectivity index (χ1n) is 11.5. The Morgan fingerprint density at radius 3 is 2.70 bits per heavy atom. The molecule has 2 aliphatic carbocycles. The molecule has 3 aromatic rings. The third-order valence-electron chi connectivity index (χ3n) is 7.04. The molecule has 0 saturated heterocycles. The summed E-state index contributed by atoms with van der Waals surface area (Å²) < 4.78 is 11.4. The summed E-state index contributed by atoms with van der Waals surface area (Å²) in [4.78, 5) is 32.2. The number of fused-ring (bicyclic) bond motifs is 1. The summed E-state index contributed by atoms with van der Waals surface area (Å²) in [6.07, 6.45) is 4.41. The first-order valence-corrected chi connectivity index (χ1v) is 11.5. The summed E-state index contributed by atoms with van der Waals surface area (Å²) in [5, 5.41) is 3.16. The Balaban J connectivity index is 1.31. The Morgan fingerprint density at radius 1 is 1.18 bits per heavy atom. The molecule has 5 rings (SSSR count).